The molecule has 0 radical (unpaired) electrons. The van der Waals surface area contributed by atoms with Crippen LogP contribution in [0.2, 0.25) is 0 Å². The second kappa shape index (κ2) is 15.0. The van der Waals surface area contributed by atoms with Crippen LogP contribution in [0.15, 0.2) is 27.8 Å². The summed E-state index contributed by atoms with van der Waals surface area (Å²) in [4.78, 5) is 16.1. The number of aliphatic imine (C=N–C) groups is 1. The molecule has 1 heterocycles. The van der Waals surface area contributed by atoms with E-state index >= 15 is 0 Å². The number of carbonyl (C=O) groups is 1. The summed E-state index contributed by atoms with van der Waals surface area (Å²) in [6.07, 6.45) is 2.55. The van der Waals surface area contributed by atoms with E-state index < -0.39 is 0 Å². The van der Waals surface area contributed by atoms with Crippen molar-refractivity contribution in [3.05, 3.63) is 24.2 Å². The van der Waals surface area contributed by atoms with Gasteiger partial charge in [-0.25, -0.2) is 0 Å². The Balaban J connectivity index is 0.00000576. The van der Waals surface area contributed by atoms with Gasteiger partial charge in [-0.3, -0.25) is 9.79 Å². The van der Waals surface area contributed by atoms with Gasteiger partial charge in [0.05, 0.1) is 19.4 Å². The Labute approximate surface area is 167 Å². The minimum atomic E-state index is -0.220. The first-order valence-electron chi connectivity index (χ1n) is 8.55. The van der Waals surface area contributed by atoms with Gasteiger partial charge in [0.25, 0.3) is 5.91 Å². The van der Waals surface area contributed by atoms with Crippen molar-refractivity contribution in [2.24, 2.45) is 10.9 Å². The summed E-state index contributed by atoms with van der Waals surface area (Å²) >= 11 is 0. The number of hydrogen-bond acceptors (Lipinski definition) is 4. The summed E-state index contributed by atoms with van der Waals surface area (Å²) in [5.74, 6) is 1.47. The summed E-state index contributed by atoms with van der Waals surface area (Å²) in [7, 11) is 0. The van der Waals surface area contributed by atoms with Gasteiger partial charge >= 0.3 is 0 Å². The average molecular weight is 466 g/mol. The number of amides is 1. The number of guanidine groups is 1. The highest BCUT2D eigenvalue weighted by atomic mass is 127. The van der Waals surface area contributed by atoms with Crippen LogP contribution >= 0.6 is 24.0 Å². The van der Waals surface area contributed by atoms with Crippen LogP contribution < -0.4 is 16.0 Å². The van der Waals surface area contributed by atoms with Gasteiger partial charge in [-0.05, 0) is 31.4 Å². The minimum Gasteiger partial charge on any atom is -0.459 e. The van der Waals surface area contributed by atoms with E-state index in [4.69, 9.17) is 9.15 Å². The van der Waals surface area contributed by atoms with Gasteiger partial charge in [0.1, 0.15) is 0 Å². The number of nitrogens with one attached hydrogen (secondary N) is 3. The van der Waals surface area contributed by atoms with Gasteiger partial charge in [-0.15, -0.1) is 24.0 Å². The van der Waals surface area contributed by atoms with Gasteiger partial charge in [0.15, 0.2) is 11.7 Å². The second-order valence-electron chi connectivity index (χ2n) is 5.72. The first-order valence-corrected chi connectivity index (χ1v) is 8.55. The number of rotatable bonds is 11. The Hall–Kier alpha value is -1.29. The molecular weight excluding hydrogens is 435 g/mol. The Kier molecular flexibility index (Phi) is 14.2. The molecule has 0 aliphatic heterocycles. The van der Waals surface area contributed by atoms with Crippen molar-refractivity contribution in [1.29, 1.82) is 0 Å². The lowest BCUT2D eigenvalue weighted by Gasteiger charge is -2.11. The molecule has 0 aromatic carbocycles. The minimum absolute atomic E-state index is 0. The molecule has 0 fully saturated rings. The van der Waals surface area contributed by atoms with Crippen molar-refractivity contribution >= 4 is 35.8 Å². The molecule has 0 spiro atoms. The maximum absolute atomic E-state index is 11.7. The third-order valence-electron chi connectivity index (χ3n) is 3.14. The zero-order valence-electron chi connectivity index (χ0n) is 15.3. The van der Waals surface area contributed by atoms with Crippen LogP contribution in [0.3, 0.4) is 0 Å². The SMILES string of the molecule is CCNC(=NCCOCCC(C)C)NCCNC(=O)c1ccco1.I. The van der Waals surface area contributed by atoms with Crippen LogP contribution in [0.4, 0.5) is 0 Å². The molecule has 144 valence electrons. The highest BCUT2D eigenvalue weighted by Crippen LogP contribution is 1.99. The Morgan fingerprint density at radius 2 is 2.00 bits per heavy atom. The van der Waals surface area contributed by atoms with Gasteiger partial charge in [-0.1, -0.05) is 13.8 Å². The van der Waals surface area contributed by atoms with Crippen molar-refractivity contribution in [2.45, 2.75) is 27.2 Å². The lowest BCUT2D eigenvalue weighted by Crippen LogP contribution is -2.41. The molecule has 8 heteroatoms. The number of halogens is 1. The molecule has 1 rings (SSSR count). The topological polar surface area (TPSA) is 87.9 Å². The van der Waals surface area contributed by atoms with Gasteiger partial charge in [0, 0.05) is 26.2 Å². The first-order chi connectivity index (χ1) is 11.6. The lowest BCUT2D eigenvalue weighted by atomic mass is 10.1. The van der Waals surface area contributed by atoms with Crippen molar-refractivity contribution in [3.8, 4) is 0 Å². The maximum atomic E-state index is 11.7. The van der Waals surface area contributed by atoms with Crippen LogP contribution in [0.5, 0.6) is 0 Å². The molecule has 1 aromatic heterocycles. The number of carbonyl (C=O) groups excluding carboxylic acids is 1. The molecule has 1 aromatic rings. The van der Waals surface area contributed by atoms with Crippen molar-refractivity contribution in [1.82, 2.24) is 16.0 Å². The molecule has 0 atom stereocenters. The average Bonchev–Trinajstić information content (AvgIpc) is 3.08. The molecule has 0 unspecified atom stereocenters. The Morgan fingerprint density at radius 3 is 2.64 bits per heavy atom. The van der Waals surface area contributed by atoms with Crippen LogP contribution in [0, 0.1) is 5.92 Å². The molecule has 7 nitrogen and oxygen atoms in total. The van der Waals surface area contributed by atoms with Crippen LogP contribution in [0.1, 0.15) is 37.7 Å². The number of nitrogens with zero attached hydrogens (tertiary/aromatic N) is 1. The molecule has 3 N–H and O–H groups in total. The molecule has 0 aliphatic rings. The van der Waals surface area contributed by atoms with Gasteiger partial charge in [-0.2, -0.15) is 0 Å². The molecule has 0 saturated heterocycles. The molecular formula is C17H31IN4O3. The molecule has 0 saturated carbocycles. The smallest absolute Gasteiger partial charge is 0.287 e. The molecule has 0 aliphatic carbocycles. The van der Waals surface area contributed by atoms with Gasteiger partial charge in [0.2, 0.25) is 0 Å². The first kappa shape index (κ1) is 23.7. The number of ether oxygens (including phenoxy) is 1. The summed E-state index contributed by atoms with van der Waals surface area (Å²) in [5.41, 5.74) is 0. The molecule has 1 amide bonds. The number of hydrogen-bond donors (Lipinski definition) is 3. The van der Waals surface area contributed by atoms with E-state index in [1.54, 1.807) is 12.1 Å². The Morgan fingerprint density at radius 1 is 1.24 bits per heavy atom. The van der Waals surface area contributed by atoms with Crippen LogP contribution in [0.25, 0.3) is 0 Å². The highest BCUT2D eigenvalue weighted by Gasteiger charge is 2.06. The van der Waals surface area contributed by atoms with Crippen molar-refractivity contribution < 1.29 is 13.9 Å². The summed E-state index contributed by atoms with van der Waals surface area (Å²) in [5, 5.41) is 9.10. The largest absolute Gasteiger partial charge is 0.459 e. The third kappa shape index (κ3) is 11.8. The molecule has 25 heavy (non-hydrogen) atoms. The summed E-state index contributed by atoms with van der Waals surface area (Å²) in [6, 6.07) is 3.32. The lowest BCUT2D eigenvalue weighted by molar-refractivity contribution is 0.0926. The fourth-order valence-corrected chi connectivity index (χ4v) is 1.84. The van der Waals surface area contributed by atoms with E-state index in [0.29, 0.717) is 37.9 Å². The maximum Gasteiger partial charge on any atom is 0.287 e. The zero-order chi connectivity index (χ0) is 17.6. The molecule has 0 bridgehead atoms. The van der Waals surface area contributed by atoms with E-state index in [-0.39, 0.29) is 29.9 Å². The van der Waals surface area contributed by atoms with Crippen molar-refractivity contribution in [2.75, 3.05) is 39.4 Å². The van der Waals surface area contributed by atoms with E-state index in [9.17, 15) is 4.79 Å². The normalized spacial score (nSPS) is 11.1. The van der Waals surface area contributed by atoms with E-state index in [0.717, 1.165) is 25.5 Å². The third-order valence-corrected chi connectivity index (χ3v) is 3.14. The zero-order valence-corrected chi connectivity index (χ0v) is 17.7. The van der Waals surface area contributed by atoms with Crippen LogP contribution in [-0.2, 0) is 4.74 Å². The Bertz CT molecular complexity index is 478. The monoisotopic (exact) mass is 466 g/mol. The predicted octanol–water partition coefficient (Wildman–Crippen LogP) is 2.25. The number of furan rings is 1. The van der Waals surface area contributed by atoms with Gasteiger partial charge < -0.3 is 25.1 Å². The van der Waals surface area contributed by atoms with E-state index in [1.807, 2.05) is 6.92 Å². The predicted molar refractivity (Wildman–Crippen MR) is 111 cm³/mol. The van der Waals surface area contributed by atoms with E-state index in [2.05, 4.69) is 34.8 Å². The summed E-state index contributed by atoms with van der Waals surface area (Å²) in [6.45, 7) is 10.2. The standard InChI is InChI=1S/C17H30N4O3.HI/c1-4-18-17(21-10-13-23-12-7-14(2)3)20-9-8-19-16(22)15-6-5-11-24-15;/h5-6,11,14H,4,7-10,12-13H2,1-3H3,(H,19,22)(H2,18,20,21);1H. The highest BCUT2D eigenvalue weighted by molar-refractivity contribution is 14.0. The second-order valence-corrected chi connectivity index (χ2v) is 5.72. The van der Waals surface area contributed by atoms with Crippen LogP contribution in [-0.4, -0.2) is 51.3 Å². The van der Waals surface area contributed by atoms with Crippen molar-refractivity contribution in [3.63, 3.8) is 0 Å². The quantitative estimate of drug-likeness (QED) is 0.202. The fourth-order valence-electron chi connectivity index (χ4n) is 1.84. The summed E-state index contributed by atoms with van der Waals surface area (Å²) < 4.78 is 10.6. The fraction of sp³-hybridized carbons (Fsp3) is 0.647. The van der Waals surface area contributed by atoms with E-state index in [1.165, 1.54) is 6.26 Å².